The fourth-order valence-electron chi connectivity index (χ4n) is 4.03. The number of benzene rings is 1. The molecule has 2 heterocycles. The summed E-state index contributed by atoms with van der Waals surface area (Å²) in [5, 5.41) is 3.43. The van der Waals surface area contributed by atoms with Gasteiger partial charge >= 0.3 is 0 Å². The summed E-state index contributed by atoms with van der Waals surface area (Å²) >= 11 is 0. The Labute approximate surface area is 180 Å². The van der Waals surface area contributed by atoms with Crippen LogP contribution in [0.25, 0.3) is 0 Å². The molecule has 0 spiro atoms. The molecular weight excluding hydrogens is 402 g/mol. The molecule has 1 N–H and O–H groups in total. The minimum atomic E-state index is -3.07. The van der Waals surface area contributed by atoms with Crippen molar-refractivity contribution in [3.63, 3.8) is 0 Å². The van der Waals surface area contributed by atoms with Crippen molar-refractivity contribution in [1.82, 2.24) is 14.5 Å². The van der Waals surface area contributed by atoms with E-state index in [1.165, 1.54) is 11.9 Å². The average Bonchev–Trinajstić information content (AvgIpc) is 2.76. The van der Waals surface area contributed by atoms with Gasteiger partial charge < -0.3 is 19.9 Å². The van der Waals surface area contributed by atoms with Gasteiger partial charge in [0.05, 0.1) is 13.4 Å². The lowest BCUT2D eigenvalue weighted by Gasteiger charge is -2.38. The summed E-state index contributed by atoms with van der Waals surface area (Å²) in [5.41, 5.74) is 1.22. The van der Waals surface area contributed by atoms with Crippen LogP contribution in [0.4, 0.5) is 5.69 Å². The summed E-state index contributed by atoms with van der Waals surface area (Å²) in [6, 6.07) is 8.22. The highest BCUT2D eigenvalue weighted by Crippen LogP contribution is 2.21. The molecule has 2 aliphatic rings. The lowest BCUT2D eigenvalue weighted by Crippen LogP contribution is -2.52. The number of aliphatic imine (C=N–C) groups is 1. The maximum atomic E-state index is 11.7. The normalized spacial score (nSPS) is 19.8. The van der Waals surface area contributed by atoms with Gasteiger partial charge in [-0.05, 0) is 49.9 Å². The van der Waals surface area contributed by atoms with Crippen LogP contribution in [0.2, 0.25) is 0 Å². The van der Waals surface area contributed by atoms with Crippen molar-refractivity contribution in [2.24, 2.45) is 10.9 Å². The van der Waals surface area contributed by atoms with Crippen LogP contribution in [0.1, 0.15) is 19.8 Å². The number of sulfonamides is 1. The van der Waals surface area contributed by atoms with Crippen LogP contribution in [-0.4, -0.2) is 89.3 Å². The van der Waals surface area contributed by atoms with Gasteiger partial charge in [0.25, 0.3) is 0 Å². The van der Waals surface area contributed by atoms with Crippen molar-refractivity contribution in [2.45, 2.75) is 19.8 Å². The highest BCUT2D eigenvalue weighted by molar-refractivity contribution is 7.88. The zero-order valence-corrected chi connectivity index (χ0v) is 19.2. The third-order valence-corrected chi connectivity index (χ3v) is 7.20. The van der Waals surface area contributed by atoms with E-state index in [-0.39, 0.29) is 0 Å². The lowest BCUT2D eigenvalue weighted by molar-refractivity contribution is 0.279. The van der Waals surface area contributed by atoms with Crippen molar-refractivity contribution in [1.29, 1.82) is 0 Å². The number of piperazine rings is 1. The first kappa shape index (κ1) is 22.7. The van der Waals surface area contributed by atoms with Crippen LogP contribution in [0, 0.1) is 5.92 Å². The van der Waals surface area contributed by atoms with Gasteiger partial charge in [0.1, 0.15) is 5.75 Å². The Hall–Kier alpha value is -2.00. The van der Waals surface area contributed by atoms with Gasteiger partial charge in [-0.3, -0.25) is 4.99 Å². The largest absolute Gasteiger partial charge is 0.497 e. The van der Waals surface area contributed by atoms with Crippen molar-refractivity contribution >= 4 is 21.7 Å². The molecule has 0 radical (unpaired) electrons. The van der Waals surface area contributed by atoms with Gasteiger partial charge in [0.2, 0.25) is 10.0 Å². The van der Waals surface area contributed by atoms with E-state index in [0.717, 1.165) is 63.8 Å². The highest BCUT2D eigenvalue weighted by Gasteiger charge is 2.25. The molecule has 0 aromatic heterocycles. The van der Waals surface area contributed by atoms with E-state index in [1.807, 2.05) is 12.1 Å². The quantitative estimate of drug-likeness (QED) is 0.536. The maximum Gasteiger partial charge on any atom is 0.211 e. The number of ether oxygens (including phenoxy) is 1. The molecule has 0 bridgehead atoms. The monoisotopic (exact) mass is 437 g/mol. The Bertz CT molecular complexity index is 796. The molecule has 9 heteroatoms. The minimum Gasteiger partial charge on any atom is -0.497 e. The van der Waals surface area contributed by atoms with E-state index in [2.05, 4.69) is 34.2 Å². The summed E-state index contributed by atoms with van der Waals surface area (Å²) in [5.74, 6) is 2.29. The zero-order valence-electron chi connectivity index (χ0n) is 18.4. The van der Waals surface area contributed by atoms with Crippen LogP contribution in [-0.2, 0) is 10.0 Å². The molecule has 1 aromatic rings. The van der Waals surface area contributed by atoms with Crippen molar-refractivity contribution < 1.29 is 13.2 Å². The number of rotatable bonds is 6. The third kappa shape index (κ3) is 6.01. The highest BCUT2D eigenvalue weighted by atomic mass is 32.2. The van der Waals surface area contributed by atoms with Crippen LogP contribution in [0.5, 0.6) is 5.75 Å². The Morgan fingerprint density at radius 3 is 2.27 bits per heavy atom. The molecule has 2 fully saturated rings. The first-order chi connectivity index (χ1) is 14.4. The number of piperidine rings is 1. The predicted molar refractivity (Wildman–Crippen MR) is 122 cm³/mol. The minimum absolute atomic E-state index is 0.442. The van der Waals surface area contributed by atoms with Crippen LogP contribution < -0.4 is 15.0 Å². The molecule has 2 saturated heterocycles. The van der Waals surface area contributed by atoms with Gasteiger partial charge in [-0.2, -0.15) is 0 Å². The van der Waals surface area contributed by atoms with Crippen molar-refractivity contribution in [3.05, 3.63) is 24.3 Å². The predicted octanol–water partition coefficient (Wildman–Crippen LogP) is 1.45. The van der Waals surface area contributed by atoms with E-state index in [1.54, 1.807) is 11.4 Å². The van der Waals surface area contributed by atoms with Crippen molar-refractivity contribution in [2.75, 3.05) is 70.6 Å². The number of anilines is 1. The van der Waals surface area contributed by atoms with Gasteiger partial charge in [0, 0.05) is 58.0 Å². The lowest BCUT2D eigenvalue weighted by atomic mass is 9.98. The smallest absolute Gasteiger partial charge is 0.211 e. The summed E-state index contributed by atoms with van der Waals surface area (Å²) in [6.45, 7) is 8.63. The van der Waals surface area contributed by atoms with E-state index in [9.17, 15) is 8.42 Å². The van der Waals surface area contributed by atoms with E-state index in [0.29, 0.717) is 19.0 Å². The number of hydrogen-bond acceptors (Lipinski definition) is 5. The summed E-state index contributed by atoms with van der Waals surface area (Å²) < 4.78 is 30.2. The zero-order chi connectivity index (χ0) is 21.6. The maximum absolute atomic E-state index is 11.7. The average molecular weight is 438 g/mol. The van der Waals surface area contributed by atoms with Gasteiger partial charge in [-0.25, -0.2) is 12.7 Å². The fourth-order valence-corrected chi connectivity index (χ4v) is 4.91. The van der Waals surface area contributed by atoms with Crippen LogP contribution in [0.15, 0.2) is 29.3 Å². The molecular formula is C21H35N5O3S. The third-order valence-electron chi connectivity index (χ3n) is 5.89. The number of hydrogen-bond donors (Lipinski definition) is 1. The number of nitrogens with zero attached hydrogens (tertiary/aromatic N) is 4. The molecule has 0 saturated carbocycles. The Kier molecular flexibility index (Phi) is 7.82. The van der Waals surface area contributed by atoms with E-state index < -0.39 is 10.0 Å². The molecule has 2 aliphatic heterocycles. The van der Waals surface area contributed by atoms with Gasteiger partial charge in [-0.15, -0.1) is 0 Å². The van der Waals surface area contributed by atoms with E-state index in [4.69, 9.17) is 9.73 Å². The Morgan fingerprint density at radius 2 is 1.73 bits per heavy atom. The Balaban J connectivity index is 1.52. The van der Waals surface area contributed by atoms with E-state index >= 15 is 0 Å². The van der Waals surface area contributed by atoms with Gasteiger partial charge in [-0.1, -0.05) is 0 Å². The Morgan fingerprint density at radius 1 is 1.10 bits per heavy atom. The topological polar surface area (TPSA) is 77.5 Å². The molecule has 1 aromatic carbocycles. The first-order valence-electron chi connectivity index (χ1n) is 10.8. The number of nitrogens with one attached hydrogen (secondary N) is 1. The van der Waals surface area contributed by atoms with Crippen molar-refractivity contribution in [3.8, 4) is 5.75 Å². The molecule has 3 rings (SSSR count). The molecule has 30 heavy (non-hydrogen) atoms. The SMILES string of the molecule is CCNC(=NCC1CCN(S(C)(=O)=O)CC1)N1CCN(c2ccc(OC)cc2)CC1. The van der Waals surface area contributed by atoms with Crippen LogP contribution >= 0.6 is 0 Å². The number of guanidine groups is 1. The summed E-state index contributed by atoms with van der Waals surface area (Å²) in [7, 11) is -1.39. The standard InChI is InChI=1S/C21H35N5O3S/c1-4-22-21(23-17-18-9-11-26(12-10-18)30(3,27)28)25-15-13-24(14-16-25)19-5-7-20(29-2)8-6-19/h5-8,18H,4,9-17H2,1-3H3,(H,22,23). The fraction of sp³-hybridized carbons (Fsp3) is 0.667. The second kappa shape index (κ2) is 10.3. The molecule has 0 aliphatic carbocycles. The molecule has 0 amide bonds. The summed E-state index contributed by atoms with van der Waals surface area (Å²) in [6.07, 6.45) is 3.04. The first-order valence-corrected chi connectivity index (χ1v) is 12.6. The molecule has 0 unspecified atom stereocenters. The molecule has 0 atom stereocenters. The second-order valence-electron chi connectivity index (χ2n) is 7.97. The summed E-state index contributed by atoms with van der Waals surface area (Å²) in [4.78, 5) is 9.61. The second-order valence-corrected chi connectivity index (χ2v) is 9.95. The van der Waals surface area contributed by atoms with Gasteiger partial charge in [0.15, 0.2) is 5.96 Å². The van der Waals surface area contributed by atoms with Crippen LogP contribution in [0.3, 0.4) is 0 Å². The number of methoxy groups -OCH3 is 1. The molecule has 168 valence electrons. The molecule has 8 nitrogen and oxygen atoms in total.